The summed E-state index contributed by atoms with van der Waals surface area (Å²) >= 11 is 0. The van der Waals surface area contributed by atoms with Gasteiger partial charge in [0.15, 0.2) is 0 Å². The SMILES string of the molecule is O=S(=O)(Cc1ccccc1F)N1CCC(Oc2cccc3cccnc23)CC1. The van der Waals surface area contributed by atoms with E-state index in [2.05, 4.69) is 4.98 Å². The molecule has 0 bridgehead atoms. The summed E-state index contributed by atoms with van der Waals surface area (Å²) in [5.41, 5.74) is 1.00. The van der Waals surface area contributed by atoms with E-state index in [4.69, 9.17) is 4.74 Å². The van der Waals surface area contributed by atoms with Crippen molar-refractivity contribution in [2.75, 3.05) is 13.1 Å². The van der Waals surface area contributed by atoms with Crippen LogP contribution in [0.15, 0.2) is 60.8 Å². The van der Waals surface area contributed by atoms with Gasteiger partial charge in [0.25, 0.3) is 0 Å². The van der Waals surface area contributed by atoms with Crippen molar-refractivity contribution in [2.45, 2.75) is 24.7 Å². The van der Waals surface area contributed by atoms with Crippen molar-refractivity contribution < 1.29 is 17.5 Å². The summed E-state index contributed by atoms with van der Waals surface area (Å²) in [4.78, 5) is 4.39. The van der Waals surface area contributed by atoms with Crippen LogP contribution in [0, 0.1) is 5.82 Å². The molecule has 0 spiro atoms. The highest BCUT2D eigenvalue weighted by molar-refractivity contribution is 7.88. The standard InChI is InChI=1S/C21H21FN2O3S/c22-19-8-2-1-5-17(19)15-28(25,26)24-13-10-18(11-14-24)27-20-9-3-6-16-7-4-12-23-21(16)20/h1-9,12,18H,10-11,13-15H2. The van der Waals surface area contributed by atoms with E-state index in [9.17, 15) is 12.8 Å². The Bertz CT molecular complexity index is 1070. The maximum absolute atomic E-state index is 13.8. The highest BCUT2D eigenvalue weighted by atomic mass is 32.2. The molecule has 1 aromatic heterocycles. The molecule has 2 aromatic carbocycles. The third-order valence-electron chi connectivity index (χ3n) is 4.98. The number of fused-ring (bicyclic) bond motifs is 1. The van der Waals surface area contributed by atoms with E-state index in [1.165, 1.54) is 16.4 Å². The Balaban J connectivity index is 1.41. The Morgan fingerprint density at radius 1 is 1.04 bits per heavy atom. The molecule has 28 heavy (non-hydrogen) atoms. The van der Waals surface area contributed by atoms with E-state index >= 15 is 0 Å². The number of sulfonamides is 1. The van der Waals surface area contributed by atoms with E-state index in [1.807, 2.05) is 30.3 Å². The number of benzene rings is 2. The molecule has 0 N–H and O–H groups in total. The van der Waals surface area contributed by atoms with Crippen molar-refractivity contribution in [3.63, 3.8) is 0 Å². The molecule has 1 saturated heterocycles. The molecular weight excluding hydrogens is 379 g/mol. The van der Waals surface area contributed by atoms with Crippen molar-refractivity contribution in [2.24, 2.45) is 0 Å². The zero-order valence-corrected chi connectivity index (χ0v) is 16.1. The third-order valence-corrected chi connectivity index (χ3v) is 6.81. The van der Waals surface area contributed by atoms with Gasteiger partial charge in [-0.05, 0) is 31.0 Å². The number of rotatable bonds is 5. The lowest BCUT2D eigenvalue weighted by Crippen LogP contribution is -2.42. The lowest BCUT2D eigenvalue weighted by Gasteiger charge is -2.31. The third kappa shape index (κ3) is 4.00. The summed E-state index contributed by atoms with van der Waals surface area (Å²) in [6.45, 7) is 0.722. The molecule has 0 radical (unpaired) electrons. The second kappa shape index (κ2) is 7.85. The van der Waals surface area contributed by atoms with E-state index in [-0.39, 0.29) is 17.4 Å². The van der Waals surface area contributed by atoms with Crippen LogP contribution < -0.4 is 4.74 Å². The summed E-state index contributed by atoms with van der Waals surface area (Å²) < 4.78 is 46.7. The molecule has 7 heteroatoms. The number of ether oxygens (including phenoxy) is 1. The van der Waals surface area contributed by atoms with Gasteiger partial charge in [-0.1, -0.05) is 36.4 Å². The Labute approximate surface area is 163 Å². The van der Waals surface area contributed by atoms with Crippen LogP contribution in [0.4, 0.5) is 4.39 Å². The van der Waals surface area contributed by atoms with E-state index in [0.717, 1.165) is 10.9 Å². The van der Waals surface area contributed by atoms with Crippen molar-refractivity contribution in [1.29, 1.82) is 0 Å². The normalized spacial score (nSPS) is 16.3. The average Bonchev–Trinajstić information content (AvgIpc) is 2.70. The monoisotopic (exact) mass is 400 g/mol. The molecule has 1 aliphatic rings. The number of hydrogen-bond acceptors (Lipinski definition) is 4. The second-order valence-corrected chi connectivity index (χ2v) is 8.86. The molecule has 146 valence electrons. The number of para-hydroxylation sites is 1. The van der Waals surface area contributed by atoms with Gasteiger partial charge in [0.05, 0.1) is 5.75 Å². The van der Waals surface area contributed by atoms with Gasteiger partial charge in [-0.2, -0.15) is 0 Å². The van der Waals surface area contributed by atoms with Gasteiger partial charge in [-0.15, -0.1) is 0 Å². The predicted molar refractivity (Wildman–Crippen MR) is 106 cm³/mol. The van der Waals surface area contributed by atoms with Gasteiger partial charge in [-0.3, -0.25) is 4.98 Å². The molecule has 2 heterocycles. The molecule has 5 nitrogen and oxygen atoms in total. The Hall–Kier alpha value is -2.51. The molecular formula is C21H21FN2O3S. The molecule has 4 rings (SSSR count). The van der Waals surface area contributed by atoms with Crippen molar-refractivity contribution in [3.05, 3.63) is 72.2 Å². The zero-order chi connectivity index (χ0) is 19.6. The number of halogens is 1. The highest BCUT2D eigenvalue weighted by Crippen LogP contribution is 2.27. The zero-order valence-electron chi connectivity index (χ0n) is 15.3. The molecule has 1 fully saturated rings. The average molecular weight is 400 g/mol. The largest absolute Gasteiger partial charge is 0.488 e. The lowest BCUT2D eigenvalue weighted by molar-refractivity contribution is 0.136. The van der Waals surface area contributed by atoms with Crippen LogP contribution in [0.25, 0.3) is 10.9 Å². The molecule has 3 aromatic rings. The Kier molecular flexibility index (Phi) is 5.28. The minimum absolute atomic E-state index is 0.0764. The lowest BCUT2D eigenvalue weighted by atomic mass is 10.1. The summed E-state index contributed by atoms with van der Waals surface area (Å²) in [5, 5.41) is 1.00. The smallest absolute Gasteiger partial charge is 0.218 e. The van der Waals surface area contributed by atoms with Gasteiger partial charge >= 0.3 is 0 Å². The molecule has 0 saturated carbocycles. The topological polar surface area (TPSA) is 59.5 Å². The molecule has 0 aliphatic carbocycles. The fourth-order valence-corrected chi connectivity index (χ4v) is 5.06. The first-order chi connectivity index (χ1) is 13.5. The van der Waals surface area contributed by atoms with Crippen molar-refractivity contribution in [1.82, 2.24) is 9.29 Å². The summed E-state index contributed by atoms with van der Waals surface area (Å²) in [6, 6.07) is 15.6. The van der Waals surface area contributed by atoms with Gasteiger partial charge in [0.1, 0.15) is 23.2 Å². The fraction of sp³-hybridized carbons (Fsp3) is 0.286. The first-order valence-corrected chi connectivity index (χ1v) is 10.9. The van der Waals surface area contributed by atoms with Crippen molar-refractivity contribution in [3.8, 4) is 5.75 Å². The number of pyridine rings is 1. The van der Waals surface area contributed by atoms with Crippen LogP contribution in [-0.4, -0.2) is 36.9 Å². The number of nitrogens with zero attached hydrogens (tertiary/aromatic N) is 2. The molecule has 0 atom stereocenters. The number of piperidine rings is 1. The van der Waals surface area contributed by atoms with Crippen LogP contribution >= 0.6 is 0 Å². The minimum atomic E-state index is -3.56. The van der Waals surface area contributed by atoms with Crippen molar-refractivity contribution >= 4 is 20.9 Å². The summed E-state index contributed by atoms with van der Waals surface area (Å²) in [7, 11) is -3.56. The maximum Gasteiger partial charge on any atom is 0.218 e. The summed E-state index contributed by atoms with van der Waals surface area (Å²) in [6.07, 6.45) is 2.82. The van der Waals surface area contributed by atoms with Gasteiger partial charge in [0.2, 0.25) is 10.0 Å². The van der Waals surface area contributed by atoms with E-state index < -0.39 is 15.8 Å². The fourth-order valence-electron chi connectivity index (χ4n) is 3.48. The Morgan fingerprint density at radius 2 is 1.79 bits per heavy atom. The minimum Gasteiger partial charge on any atom is -0.488 e. The van der Waals surface area contributed by atoms with Crippen LogP contribution in [0.3, 0.4) is 0 Å². The quantitative estimate of drug-likeness (QED) is 0.655. The molecule has 0 amide bonds. The molecule has 1 aliphatic heterocycles. The van der Waals surface area contributed by atoms with Gasteiger partial charge in [0, 0.05) is 30.2 Å². The first-order valence-electron chi connectivity index (χ1n) is 9.24. The van der Waals surface area contributed by atoms with Gasteiger partial charge < -0.3 is 4.74 Å². The first kappa shape index (κ1) is 18.8. The van der Waals surface area contributed by atoms with Crippen LogP contribution in [0.5, 0.6) is 5.75 Å². The van der Waals surface area contributed by atoms with E-state index in [0.29, 0.717) is 31.7 Å². The van der Waals surface area contributed by atoms with Crippen LogP contribution in [0.1, 0.15) is 18.4 Å². The maximum atomic E-state index is 13.8. The second-order valence-electron chi connectivity index (χ2n) is 6.90. The number of aromatic nitrogens is 1. The predicted octanol–water partition coefficient (Wildman–Crippen LogP) is 3.75. The summed E-state index contributed by atoms with van der Waals surface area (Å²) in [5.74, 6) is -0.100. The number of hydrogen-bond donors (Lipinski definition) is 0. The Morgan fingerprint density at radius 3 is 2.57 bits per heavy atom. The van der Waals surface area contributed by atoms with Crippen LogP contribution in [-0.2, 0) is 15.8 Å². The van der Waals surface area contributed by atoms with E-state index in [1.54, 1.807) is 18.3 Å². The van der Waals surface area contributed by atoms with Crippen LogP contribution in [0.2, 0.25) is 0 Å². The molecule has 0 unspecified atom stereocenters. The highest BCUT2D eigenvalue weighted by Gasteiger charge is 2.29. The van der Waals surface area contributed by atoms with Gasteiger partial charge in [-0.25, -0.2) is 17.1 Å².